The molecule has 0 aromatic heterocycles. The summed E-state index contributed by atoms with van der Waals surface area (Å²) in [6, 6.07) is 0. The van der Waals surface area contributed by atoms with E-state index in [1.165, 1.54) is 6.92 Å². The largest absolute Gasteiger partial charge is 0.398 e. The van der Waals surface area contributed by atoms with Gasteiger partial charge in [0.2, 0.25) is 0 Å². The molecule has 1 unspecified atom stereocenters. The molecule has 0 heterocycles. The highest BCUT2D eigenvalue weighted by Crippen LogP contribution is 2.02. The van der Waals surface area contributed by atoms with Crippen molar-refractivity contribution in [3.8, 4) is 0 Å². The number of rotatable bonds is 2. The predicted octanol–water partition coefficient (Wildman–Crippen LogP) is 0.547. The maximum Gasteiger partial charge on any atom is 0.398 e. The lowest BCUT2D eigenvalue weighted by Crippen LogP contribution is -2.07. The van der Waals surface area contributed by atoms with Gasteiger partial charge in [-0.15, -0.1) is 0 Å². The summed E-state index contributed by atoms with van der Waals surface area (Å²) in [5, 5.41) is -0.683. The fourth-order valence-electron chi connectivity index (χ4n) is 0.168. The maximum atomic E-state index is 9.75. The molecule has 0 amide bonds. The molecule has 0 spiro atoms. The van der Waals surface area contributed by atoms with Crippen LogP contribution in [-0.2, 0) is 14.6 Å². The first-order valence-corrected chi connectivity index (χ1v) is 3.99. The summed E-state index contributed by atoms with van der Waals surface area (Å²) in [6.07, 6.45) is 0. The van der Waals surface area contributed by atoms with E-state index in [4.69, 9.17) is 4.55 Å². The Hall–Kier alpha value is 0.350. The van der Waals surface area contributed by atoms with Gasteiger partial charge in [0, 0.05) is 0 Å². The number of hydrogen-bond acceptors (Lipinski definition) is 3. The van der Waals surface area contributed by atoms with Crippen LogP contribution in [0, 0.1) is 0 Å². The molecular weight excluding hydrogens is 200 g/mol. The Morgan fingerprint density at radius 2 is 2.12 bits per heavy atom. The Bertz CT molecular complexity index is 147. The first kappa shape index (κ1) is 8.35. The van der Waals surface area contributed by atoms with Gasteiger partial charge in [-0.1, -0.05) is 15.9 Å². The maximum absolute atomic E-state index is 9.75. The van der Waals surface area contributed by atoms with E-state index in [9.17, 15) is 8.42 Å². The van der Waals surface area contributed by atoms with Gasteiger partial charge in [-0.25, -0.2) is 4.18 Å². The molecule has 0 aromatic carbocycles. The monoisotopic (exact) mass is 204 g/mol. The lowest BCUT2D eigenvalue weighted by molar-refractivity contribution is 0.265. The highest BCUT2D eigenvalue weighted by atomic mass is 79.9. The summed E-state index contributed by atoms with van der Waals surface area (Å²) >= 11 is 2.75. The minimum Gasteiger partial charge on any atom is -0.263 e. The van der Waals surface area contributed by atoms with Crippen LogP contribution in [0.5, 0.6) is 0 Å². The second kappa shape index (κ2) is 2.77. The predicted molar refractivity (Wildman–Crippen MR) is 31.0 cm³/mol. The summed E-state index contributed by atoms with van der Waals surface area (Å²) in [4.78, 5) is 0. The third-order valence-corrected chi connectivity index (χ3v) is 1.22. The van der Waals surface area contributed by atoms with Gasteiger partial charge < -0.3 is 0 Å². The summed E-state index contributed by atoms with van der Waals surface area (Å²) in [6.45, 7) is 1.42. The minimum atomic E-state index is -4.27. The summed E-state index contributed by atoms with van der Waals surface area (Å²) in [5.41, 5.74) is 0. The molecule has 1 N–H and O–H groups in total. The van der Waals surface area contributed by atoms with Gasteiger partial charge in [-0.2, -0.15) is 8.42 Å². The fraction of sp³-hybridized carbons (Fsp3) is 1.00. The van der Waals surface area contributed by atoms with E-state index in [0.29, 0.717) is 0 Å². The highest BCUT2D eigenvalue weighted by Gasteiger charge is 2.06. The van der Waals surface area contributed by atoms with Crippen LogP contribution in [-0.4, -0.2) is 18.0 Å². The molecule has 0 aliphatic carbocycles. The molecule has 50 valence electrons. The topological polar surface area (TPSA) is 63.6 Å². The first-order valence-electron chi connectivity index (χ1n) is 1.71. The third kappa shape index (κ3) is 6.35. The molecule has 1 atom stereocenters. The molecule has 8 heavy (non-hydrogen) atoms. The van der Waals surface area contributed by atoms with Crippen molar-refractivity contribution in [3.05, 3.63) is 0 Å². The van der Waals surface area contributed by atoms with Crippen LogP contribution in [0.1, 0.15) is 6.92 Å². The van der Waals surface area contributed by atoms with Crippen LogP contribution in [0.2, 0.25) is 0 Å². The Balaban J connectivity index is 3.75. The van der Waals surface area contributed by atoms with Gasteiger partial charge in [-0.05, 0) is 6.92 Å². The molecule has 0 saturated heterocycles. The van der Waals surface area contributed by atoms with Gasteiger partial charge in [-0.3, -0.25) is 4.55 Å². The van der Waals surface area contributed by atoms with Crippen molar-refractivity contribution in [2.45, 2.75) is 11.9 Å². The first-order chi connectivity index (χ1) is 3.42. The Morgan fingerprint density at radius 1 is 1.75 bits per heavy atom. The molecule has 0 radical (unpaired) electrons. The average molecular weight is 205 g/mol. The van der Waals surface area contributed by atoms with Crippen molar-refractivity contribution < 1.29 is 17.2 Å². The zero-order valence-electron chi connectivity index (χ0n) is 4.04. The molecule has 4 nitrogen and oxygen atoms in total. The smallest absolute Gasteiger partial charge is 0.263 e. The van der Waals surface area contributed by atoms with Crippen molar-refractivity contribution in [2.75, 3.05) is 0 Å². The molecule has 0 rings (SSSR count). The van der Waals surface area contributed by atoms with Crippen LogP contribution >= 0.6 is 15.9 Å². The lowest BCUT2D eigenvalue weighted by Gasteiger charge is -1.97. The van der Waals surface area contributed by atoms with E-state index < -0.39 is 15.4 Å². The number of hydrogen-bond donors (Lipinski definition) is 1. The molecule has 0 aliphatic heterocycles. The van der Waals surface area contributed by atoms with E-state index in [1.54, 1.807) is 0 Å². The molecule has 0 bridgehead atoms. The lowest BCUT2D eigenvalue weighted by atomic mass is 10.9. The van der Waals surface area contributed by atoms with Gasteiger partial charge in [0.25, 0.3) is 0 Å². The quantitative estimate of drug-likeness (QED) is 0.528. The van der Waals surface area contributed by atoms with Crippen molar-refractivity contribution in [1.29, 1.82) is 0 Å². The summed E-state index contributed by atoms with van der Waals surface area (Å²) < 4.78 is 31.3. The van der Waals surface area contributed by atoms with Crippen LogP contribution in [0.15, 0.2) is 0 Å². The van der Waals surface area contributed by atoms with Crippen molar-refractivity contribution in [2.24, 2.45) is 0 Å². The average Bonchev–Trinajstić information content (AvgIpc) is 1.21. The standard InChI is InChI=1S/C2H5BrO4S/c1-2(3)7-8(4,5)6/h2H,1H3,(H,4,5,6). The van der Waals surface area contributed by atoms with E-state index in [1.807, 2.05) is 0 Å². The molecule has 0 fully saturated rings. The Morgan fingerprint density at radius 3 is 2.12 bits per heavy atom. The van der Waals surface area contributed by atoms with Crippen LogP contribution in [0.4, 0.5) is 0 Å². The van der Waals surface area contributed by atoms with E-state index in [0.717, 1.165) is 0 Å². The molecule has 0 saturated carbocycles. The number of halogens is 1. The van der Waals surface area contributed by atoms with Gasteiger partial charge in [0.1, 0.15) is 5.01 Å². The van der Waals surface area contributed by atoms with Crippen molar-refractivity contribution in [3.63, 3.8) is 0 Å². The summed E-state index contributed by atoms with van der Waals surface area (Å²) in [7, 11) is -4.27. The SMILES string of the molecule is CC(Br)OS(=O)(=O)O. The van der Waals surface area contributed by atoms with Crippen molar-refractivity contribution in [1.82, 2.24) is 0 Å². The second-order valence-electron chi connectivity index (χ2n) is 1.07. The number of alkyl halides is 1. The van der Waals surface area contributed by atoms with E-state index in [2.05, 4.69) is 20.1 Å². The van der Waals surface area contributed by atoms with E-state index in [-0.39, 0.29) is 0 Å². The normalized spacial score (nSPS) is 15.9. The van der Waals surface area contributed by atoms with Gasteiger partial charge >= 0.3 is 10.4 Å². The minimum absolute atomic E-state index is 0.683. The zero-order chi connectivity index (χ0) is 6.78. The van der Waals surface area contributed by atoms with Crippen LogP contribution in [0.3, 0.4) is 0 Å². The highest BCUT2D eigenvalue weighted by molar-refractivity contribution is 9.09. The van der Waals surface area contributed by atoms with Crippen LogP contribution < -0.4 is 0 Å². The molecule has 6 heteroatoms. The van der Waals surface area contributed by atoms with Gasteiger partial charge in [0.05, 0.1) is 0 Å². The summed E-state index contributed by atoms with van der Waals surface area (Å²) in [5.74, 6) is 0. The Labute approximate surface area is 55.9 Å². The third-order valence-electron chi connectivity index (χ3n) is 0.254. The Kier molecular flexibility index (Phi) is 2.89. The molecule has 0 aliphatic rings. The molecular formula is C2H5BrO4S. The second-order valence-corrected chi connectivity index (χ2v) is 3.40. The van der Waals surface area contributed by atoms with Crippen molar-refractivity contribution >= 4 is 26.3 Å². The van der Waals surface area contributed by atoms with Gasteiger partial charge in [0.15, 0.2) is 0 Å². The van der Waals surface area contributed by atoms with Crippen LogP contribution in [0.25, 0.3) is 0 Å². The fourth-order valence-corrected chi connectivity index (χ4v) is 1.08. The zero-order valence-corrected chi connectivity index (χ0v) is 6.44. The van der Waals surface area contributed by atoms with E-state index >= 15 is 0 Å². The molecule has 0 aromatic rings.